The van der Waals surface area contributed by atoms with E-state index in [1.807, 2.05) is 0 Å². The summed E-state index contributed by atoms with van der Waals surface area (Å²) in [5.74, 6) is 0.329. The van der Waals surface area contributed by atoms with Crippen LogP contribution in [-0.4, -0.2) is 27.3 Å². The molecule has 8 heteroatoms. The Bertz CT molecular complexity index is 639. The molecule has 1 heterocycles. The molecule has 0 bridgehead atoms. The summed E-state index contributed by atoms with van der Waals surface area (Å²) in [7, 11) is 0. The zero-order valence-corrected chi connectivity index (χ0v) is 11.4. The molecule has 0 atom stereocenters. The fourth-order valence-corrected chi connectivity index (χ4v) is 1.81. The number of carbonyl (C=O) groups excluding carboxylic acids is 1. The van der Waals surface area contributed by atoms with Crippen LogP contribution in [0.5, 0.6) is 0 Å². The third kappa shape index (κ3) is 3.56. The summed E-state index contributed by atoms with van der Waals surface area (Å²) in [6.07, 6.45) is 3.27. The lowest BCUT2D eigenvalue weighted by atomic mass is 10.1. The summed E-state index contributed by atoms with van der Waals surface area (Å²) < 4.78 is 0. The van der Waals surface area contributed by atoms with Crippen molar-refractivity contribution in [2.75, 3.05) is 11.9 Å². The zero-order chi connectivity index (χ0) is 15.2. The lowest BCUT2D eigenvalue weighted by Gasteiger charge is -2.07. The third-order valence-electron chi connectivity index (χ3n) is 2.80. The van der Waals surface area contributed by atoms with Crippen LogP contribution in [0.15, 0.2) is 30.6 Å². The van der Waals surface area contributed by atoms with Crippen LogP contribution in [-0.2, 0) is 6.54 Å². The molecule has 2 rings (SSSR count). The molecule has 0 aliphatic carbocycles. The average Bonchev–Trinajstić information content (AvgIpc) is 2.98. The van der Waals surface area contributed by atoms with E-state index < -0.39 is 4.92 Å². The molecule has 8 nitrogen and oxygen atoms in total. The predicted octanol–water partition coefficient (Wildman–Crippen LogP) is 1.68. The lowest BCUT2D eigenvalue weighted by Crippen LogP contribution is -2.22. The molecule has 1 aromatic carbocycles. The highest BCUT2D eigenvalue weighted by Crippen LogP contribution is 2.25. The summed E-state index contributed by atoms with van der Waals surface area (Å²) in [5.41, 5.74) is 0.446. The first-order chi connectivity index (χ1) is 10.1. The van der Waals surface area contributed by atoms with Crippen LogP contribution >= 0.6 is 0 Å². The van der Waals surface area contributed by atoms with Crippen LogP contribution in [0.4, 0.5) is 11.4 Å². The second-order valence-electron chi connectivity index (χ2n) is 4.24. The minimum Gasteiger partial charge on any atom is -0.372 e. The summed E-state index contributed by atoms with van der Waals surface area (Å²) in [6, 6.07) is 4.32. The number of carbonyl (C=O) groups is 1. The molecule has 0 fully saturated rings. The van der Waals surface area contributed by atoms with Crippen molar-refractivity contribution in [2.45, 2.75) is 13.5 Å². The van der Waals surface area contributed by atoms with Gasteiger partial charge in [-0.3, -0.25) is 14.9 Å². The van der Waals surface area contributed by atoms with E-state index >= 15 is 0 Å². The number of nitrogens with zero attached hydrogens (tertiary/aromatic N) is 2. The third-order valence-corrected chi connectivity index (χ3v) is 2.80. The second kappa shape index (κ2) is 6.51. The predicted molar refractivity (Wildman–Crippen MR) is 77.0 cm³/mol. The van der Waals surface area contributed by atoms with Gasteiger partial charge in [0, 0.05) is 30.6 Å². The Balaban J connectivity index is 2.20. The lowest BCUT2D eigenvalue weighted by molar-refractivity contribution is -0.384. The number of benzene rings is 1. The molecule has 0 unspecified atom stereocenters. The van der Waals surface area contributed by atoms with E-state index in [4.69, 9.17) is 0 Å². The van der Waals surface area contributed by atoms with Crippen molar-refractivity contribution in [3.05, 3.63) is 52.1 Å². The molecule has 0 saturated heterocycles. The average molecular weight is 289 g/mol. The maximum atomic E-state index is 11.7. The molecule has 1 amide bonds. The van der Waals surface area contributed by atoms with Gasteiger partial charge in [-0.15, -0.1) is 0 Å². The zero-order valence-electron chi connectivity index (χ0n) is 11.4. The highest BCUT2D eigenvalue weighted by atomic mass is 16.6. The van der Waals surface area contributed by atoms with Crippen LogP contribution in [0.1, 0.15) is 23.1 Å². The van der Waals surface area contributed by atoms with E-state index in [1.54, 1.807) is 25.4 Å². The maximum Gasteiger partial charge on any atom is 0.293 e. The Morgan fingerprint density at radius 1 is 1.48 bits per heavy atom. The molecule has 0 saturated carbocycles. The van der Waals surface area contributed by atoms with Gasteiger partial charge in [-0.25, -0.2) is 4.98 Å². The van der Waals surface area contributed by atoms with Crippen molar-refractivity contribution in [2.24, 2.45) is 0 Å². The van der Waals surface area contributed by atoms with Gasteiger partial charge in [-0.1, -0.05) is 0 Å². The number of nitro benzene ring substituents is 1. The Hall–Kier alpha value is -2.90. The fourth-order valence-electron chi connectivity index (χ4n) is 1.81. The number of nitro groups is 1. The Labute approximate surface area is 120 Å². The monoisotopic (exact) mass is 289 g/mol. The van der Waals surface area contributed by atoms with E-state index in [-0.39, 0.29) is 17.2 Å². The summed E-state index contributed by atoms with van der Waals surface area (Å²) in [6.45, 7) is 2.57. The summed E-state index contributed by atoms with van der Waals surface area (Å²) in [4.78, 5) is 29.2. The Morgan fingerprint density at radius 2 is 2.29 bits per heavy atom. The van der Waals surface area contributed by atoms with Gasteiger partial charge in [-0.05, 0) is 19.1 Å². The van der Waals surface area contributed by atoms with E-state index in [1.165, 1.54) is 12.1 Å². The number of amides is 1. The molecule has 110 valence electrons. The standard InChI is InChI=1S/C13H15N5O3/c1-2-14-13(19)9-3-4-10(11(7-9)18(20)21)17-8-12-15-5-6-16-12/h3-7,17H,2,8H2,1H3,(H,14,19)(H,15,16). The van der Waals surface area contributed by atoms with Gasteiger partial charge in [0.1, 0.15) is 11.5 Å². The van der Waals surface area contributed by atoms with Crippen LogP contribution in [0.2, 0.25) is 0 Å². The van der Waals surface area contributed by atoms with Crippen LogP contribution < -0.4 is 10.6 Å². The quantitative estimate of drug-likeness (QED) is 0.553. The van der Waals surface area contributed by atoms with Gasteiger partial charge in [-0.2, -0.15) is 0 Å². The fraction of sp³-hybridized carbons (Fsp3) is 0.231. The van der Waals surface area contributed by atoms with E-state index in [2.05, 4.69) is 20.6 Å². The number of imidazole rings is 1. The number of hydrogen-bond acceptors (Lipinski definition) is 5. The topological polar surface area (TPSA) is 113 Å². The molecule has 0 spiro atoms. The van der Waals surface area contributed by atoms with Crippen molar-refractivity contribution < 1.29 is 9.72 Å². The molecule has 2 aromatic rings. The molecule has 3 N–H and O–H groups in total. The van der Waals surface area contributed by atoms with Gasteiger partial charge in [0.2, 0.25) is 0 Å². The van der Waals surface area contributed by atoms with Crippen molar-refractivity contribution in [1.82, 2.24) is 15.3 Å². The number of anilines is 1. The van der Waals surface area contributed by atoms with E-state index in [9.17, 15) is 14.9 Å². The molecule has 21 heavy (non-hydrogen) atoms. The van der Waals surface area contributed by atoms with Crippen molar-refractivity contribution in [1.29, 1.82) is 0 Å². The van der Waals surface area contributed by atoms with Gasteiger partial charge in [0.05, 0.1) is 11.5 Å². The normalized spacial score (nSPS) is 10.1. The number of aromatic nitrogens is 2. The minimum atomic E-state index is -0.521. The summed E-state index contributed by atoms with van der Waals surface area (Å²) in [5, 5.41) is 16.7. The highest BCUT2D eigenvalue weighted by molar-refractivity contribution is 5.95. The van der Waals surface area contributed by atoms with Gasteiger partial charge in [0.25, 0.3) is 11.6 Å². The first kappa shape index (κ1) is 14.5. The number of nitrogens with one attached hydrogen (secondary N) is 3. The molecular formula is C13H15N5O3. The molecule has 1 aromatic heterocycles. The van der Waals surface area contributed by atoms with Crippen molar-refractivity contribution in [3.8, 4) is 0 Å². The summed E-state index contributed by atoms with van der Waals surface area (Å²) >= 11 is 0. The molecule has 0 aliphatic heterocycles. The number of hydrogen-bond donors (Lipinski definition) is 3. The minimum absolute atomic E-state index is 0.148. The largest absolute Gasteiger partial charge is 0.372 e. The first-order valence-electron chi connectivity index (χ1n) is 6.40. The van der Waals surface area contributed by atoms with E-state index in [0.29, 0.717) is 24.6 Å². The second-order valence-corrected chi connectivity index (χ2v) is 4.24. The highest BCUT2D eigenvalue weighted by Gasteiger charge is 2.17. The number of rotatable bonds is 6. The van der Waals surface area contributed by atoms with Crippen molar-refractivity contribution in [3.63, 3.8) is 0 Å². The Kier molecular flexibility index (Phi) is 4.50. The number of H-pyrrole nitrogens is 1. The van der Waals surface area contributed by atoms with Gasteiger partial charge in [0.15, 0.2) is 0 Å². The van der Waals surface area contributed by atoms with Crippen molar-refractivity contribution >= 4 is 17.3 Å². The number of aromatic amines is 1. The van der Waals surface area contributed by atoms with Crippen LogP contribution in [0.25, 0.3) is 0 Å². The van der Waals surface area contributed by atoms with Crippen LogP contribution in [0.3, 0.4) is 0 Å². The van der Waals surface area contributed by atoms with Gasteiger partial charge < -0.3 is 15.6 Å². The molecule has 0 aliphatic rings. The Morgan fingerprint density at radius 3 is 2.90 bits per heavy atom. The maximum absolute atomic E-state index is 11.7. The molecule has 0 radical (unpaired) electrons. The molecular weight excluding hydrogens is 274 g/mol. The first-order valence-corrected chi connectivity index (χ1v) is 6.40. The van der Waals surface area contributed by atoms with E-state index in [0.717, 1.165) is 0 Å². The van der Waals surface area contributed by atoms with Gasteiger partial charge >= 0.3 is 0 Å². The van der Waals surface area contributed by atoms with Crippen LogP contribution in [0, 0.1) is 10.1 Å². The smallest absolute Gasteiger partial charge is 0.293 e. The SMILES string of the molecule is CCNC(=O)c1ccc(NCc2ncc[nH]2)c([N+](=O)[O-])c1.